The van der Waals surface area contributed by atoms with Crippen molar-refractivity contribution in [3.8, 4) is 56.8 Å². The Labute approximate surface area is 847 Å². The zero-order valence-electron chi connectivity index (χ0n) is 85.7. The number of aromatic hydroxyl groups is 6. The molecule has 0 spiro atoms. The first kappa shape index (κ1) is 111. The molecule has 2 unspecified atom stereocenters. The van der Waals surface area contributed by atoms with Crippen LogP contribution in [-0.4, -0.2) is 183 Å². The number of aryl methyl sites for hydroxylation is 2. The van der Waals surface area contributed by atoms with Gasteiger partial charge in [-0.1, -0.05) is 197 Å². The molecule has 6 saturated carbocycles. The smallest absolute Gasteiger partial charge is 0.461 e. The lowest BCUT2D eigenvalue weighted by atomic mass is 9.43. The number of carbonyl (C=O) groups is 11. The minimum Gasteiger partial charge on any atom is -0.504 e. The fourth-order valence-corrected chi connectivity index (χ4v) is 22.2. The van der Waals surface area contributed by atoms with Crippen molar-refractivity contribution in [2.45, 2.75) is 296 Å². The van der Waals surface area contributed by atoms with Crippen LogP contribution in [0, 0.1) is 58.2 Å². The highest BCUT2D eigenvalue weighted by atomic mass is 16.7. The number of hydrogen-bond acceptors (Lipinski definition) is 24. The third-order valence-electron chi connectivity index (χ3n) is 31.8. The second-order valence-electron chi connectivity index (χ2n) is 43.0. The van der Waals surface area contributed by atoms with Gasteiger partial charge < -0.3 is 93.0 Å². The number of Topliss-reactive ketones (excluding diaryl/α,β-unsaturated/α-hetero) is 6. The molecule has 4 bridgehead atoms. The van der Waals surface area contributed by atoms with E-state index in [2.05, 4.69) is 131 Å². The lowest BCUT2D eigenvalue weighted by molar-refractivity contribution is -0.199. The van der Waals surface area contributed by atoms with Gasteiger partial charge in [-0.05, 0) is 263 Å². The first-order chi connectivity index (χ1) is 68.5. The third kappa shape index (κ3) is 27.3. The zero-order valence-corrected chi connectivity index (χ0v) is 85.7. The Morgan fingerprint density at radius 1 is 0.396 bits per heavy atom. The number of benzene rings is 7. The molecule has 29 nitrogen and oxygen atoms in total. The Bertz CT molecular complexity index is 5670. The normalized spacial score (nSPS) is 21.8. The molecule has 774 valence electrons. The first-order valence-electron chi connectivity index (χ1n) is 51.9. The maximum Gasteiger partial charge on any atom is 0.461 e. The quantitative estimate of drug-likeness (QED) is 0.00729. The van der Waals surface area contributed by atoms with Gasteiger partial charge in [-0.2, -0.15) is 0 Å². The number of phenols is 6. The van der Waals surface area contributed by atoms with Crippen molar-refractivity contribution >= 4 is 78.5 Å². The van der Waals surface area contributed by atoms with Crippen LogP contribution >= 0.6 is 0 Å². The van der Waals surface area contributed by atoms with Crippen LogP contribution in [0.15, 0.2) is 152 Å². The van der Waals surface area contributed by atoms with Gasteiger partial charge in [-0.25, -0.2) is 0 Å². The maximum atomic E-state index is 14.3. The molecule has 5 amide bonds. The van der Waals surface area contributed by atoms with Crippen LogP contribution in [0.3, 0.4) is 0 Å². The summed E-state index contributed by atoms with van der Waals surface area (Å²) in [4.78, 5) is 153. The number of hydrogen-bond donors (Lipinski definition) is 14. The Morgan fingerprint density at radius 2 is 0.764 bits per heavy atom. The van der Waals surface area contributed by atoms with E-state index >= 15 is 0 Å². The molecule has 0 radical (unpaired) electrons. The average Bonchev–Trinajstić information content (AvgIpc) is 1.53. The Hall–Kier alpha value is -11.4. The van der Waals surface area contributed by atoms with E-state index in [-0.39, 0.29) is 184 Å². The van der Waals surface area contributed by atoms with Gasteiger partial charge in [0.25, 0.3) is 5.91 Å². The van der Waals surface area contributed by atoms with Crippen molar-refractivity contribution in [3.05, 3.63) is 191 Å². The highest BCUT2D eigenvalue weighted by Crippen LogP contribution is 2.68. The van der Waals surface area contributed by atoms with Gasteiger partial charge in [0.1, 0.15) is 0 Å². The topological polar surface area (TPSA) is 484 Å². The van der Waals surface area contributed by atoms with E-state index < -0.39 is 132 Å². The standard InChI is InChI=1S/C57H72BN3O11.C56H78BN5O10/c1-7-8-9-35-10-14-38(15-11-35)39-16-18-40(19-17-39)47(64)30-41(22-23-59)55(70)61-43(26-36-12-20-45(62)50(67)28-36)48(65)24-33(2)54(69)60-44(27-37-13-21-46(63)51(68)29-37)49(66)25-34(3)58-71-53-32-42-31-52(56(42,4)5)57(53,6)72-58;1-7-8-12-36-16-18-37(19-17-36)38-20-22-39(23-21-38)46(64)31-40(24-26-58)53(69)62-44(25-27-59)47(65)29-34(2)52(68)61-43(14-9-10-28-60-54(70)42-13-11-15-45(63)51(42)67)48(66)30-35(3)57-71-50-33-41-32-49(55(41,4)5)56(50,6)72-57/h10-21,28-29,33-34,41-44,52-53,62-63,67-68H,7-9,22-27,30-32,59H2,1-6H3,(H,60,69)(H,61,70);11,13,15-23,34-35,40-41,43-44,49-50,63,67H,7-10,12,14,24-33,58-59H2,1-6H3,(H,60,70)(H,61,68)(H,62,69)/t33-,34-,41-,42+,43+,44+,52+,53?,57+;34-,35-,40-,41+,43+,44+,49+,50?,56+/m11/s1. The molecule has 0 aromatic heterocycles. The van der Waals surface area contributed by atoms with E-state index in [4.69, 9.17) is 35.8 Å². The van der Waals surface area contributed by atoms with Crippen molar-refractivity contribution < 1.29 is 102 Å². The van der Waals surface area contributed by atoms with Crippen LogP contribution in [0.1, 0.15) is 265 Å². The predicted molar refractivity (Wildman–Crippen MR) is 553 cm³/mol. The van der Waals surface area contributed by atoms with Gasteiger partial charge in [-0.3, -0.25) is 52.7 Å². The van der Waals surface area contributed by atoms with Crippen molar-refractivity contribution in [3.63, 3.8) is 0 Å². The van der Waals surface area contributed by atoms with Crippen molar-refractivity contribution in [1.82, 2.24) is 26.6 Å². The molecule has 8 fully saturated rings. The van der Waals surface area contributed by atoms with E-state index in [0.29, 0.717) is 58.8 Å². The molecule has 8 aliphatic rings. The molecular formula is C113H150B2N8O21. The largest absolute Gasteiger partial charge is 0.504 e. The highest BCUT2D eigenvalue weighted by molar-refractivity contribution is 6.48. The van der Waals surface area contributed by atoms with Crippen LogP contribution in [-0.2, 0) is 82.7 Å². The van der Waals surface area contributed by atoms with Crippen LogP contribution in [0.5, 0.6) is 34.5 Å². The maximum absolute atomic E-state index is 14.3. The fourth-order valence-electron chi connectivity index (χ4n) is 22.2. The van der Waals surface area contributed by atoms with Crippen LogP contribution < -0.4 is 43.8 Å². The first-order valence-corrected chi connectivity index (χ1v) is 51.9. The number of nitrogens with one attached hydrogen (secondary N) is 5. The lowest BCUT2D eigenvalue weighted by Gasteiger charge is -2.64. The summed E-state index contributed by atoms with van der Waals surface area (Å²) < 4.78 is 26.3. The minimum atomic E-state index is -1.23. The second kappa shape index (κ2) is 49.6. The number of ketones is 6. The molecular weight excluding hydrogens is 1830 g/mol. The van der Waals surface area contributed by atoms with Crippen molar-refractivity contribution in [2.75, 3.05) is 26.2 Å². The Balaban J connectivity index is 0.000000257. The van der Waals surface area contributed by atoms with Crippen LogP contribution in [0.25, 0.3) is 22.3 Å². The van der Waals surface area contributed by atoms with Crippen LogP contribution in [0.4, 0.5) is 0 Å². The number of rotatable bonds is 52. The van der Waals surface area contributed by atoms with Gasteiger partial charge in [0.2, 0.25) is 23.6 Å². The summed E-state index contributed by atoms with van der Waals surface area (Å²) in [6.45, 7) is 25.1. The summed E-state index contributed by atoms with van der Waals surface area (Å²) in [5.41, 5.74) is 25.4. The molecule has 7 aromatic carbocycles. The van der Waals surface area contributed by atoms with E-state index in [0.717, 1.165) is 86.5 Å². The summed E-state index contributed by atoms with van der Waals surface area (Å²) in [5.74, 6) is -9.77. The molecule has 2 saturated heterocycles. The fraction of sp³-hybridized carbons (Fsp3) is 0.531. The highest BCUT2D eigenvalue weighted by Gasteiger charge is 2.70. The van der Waals surface area contributed by atoms with E-state index in [1.165, 1.54) is 66.6 Å². The molecule has 2 heterocycles. The van der Waals surface area contributed by atoms with Crippen molar-refractivity contribution in [2.24, 2.45) is 75.4 Å². The molecule has 18 atom stereocenters. The summed E-state index contributed by atoms with van der Waals surface area (Å²) in [6.07, 6.45) is 10.9. The molecule has 144 heavy (non-hydrogen) atoms. The van der Waals surface area contributed by atoms with Gasteiger partial charge in [0.15, 0.2) is 69.2 Å². The average molecular weight is 1980 g/mol. The number of nitrogens with two attached hydrogens (primary N) is 3. The number of phenolic OH excluding ortho intramolecular Hbond substituents is 6. The number of amides is 5. The number of unbranched alkanes of at least 4 members (excludes halogenated alkanes) is 3. The molecule has 15 rings (SSSR count). The van der Waals surface area contributed by atoms with Gasteiger partial charge in [0.05, 0.1) is 53.1 Å². The molecule has 2 aliphatic heterocycles. The molecule has 6 aliphatic carbocycles. The minimum absolute atomic E-state index is 0.00766. The second-order valence-corrected chi connectivity index (χ2v) is 43.0. The van der Waals surface area contributed by atoms with E-state index in [9.17, 15) is 83.4 Å². The number of carbonyl (C=O) groups excluding carboxylic acids is 11. The monoisotopic (exact) mass is 1980 g/mol. The van der Waals surface area contributed by atoms with Gasteiger partial charge in [0, 0.05) is 79.9 Å². The predicted octanol–water partition coefficient (Wildman–Crippen LogP) is 15.4. The molecule has 7 aromatic rings. The molecule has 31 heteroatoms. The Kier molecular flexibility index (Phi) is 38.4. The van der Waals surface area contributed by atoms with E-state index in [1.807, 2.05) is 38.1 Å². The van der Waals surface area contributed by atoms with Gasteiger partial charge >= 0.3 is 14.2 Å². The summed E-state index contributed by atoms with van der Waals surface area (Å²) >= 11 is 0. The summed E-state index contributed by atoms with van der Waals surface area (Å²) in [5, 5.41) is 74.7. The van der Waals surface area contributed by atoms with E-state index in [1.54, 1.807) is 37.3 Å². The Morgan fingerprint density at radius 3 is 1.17 bits per heavy atom. The SMILES string of the molecule is CCCCc1ccc(-c2ccc(C(=O)C[C@@H](CCN)C(=O)N[C@@H](CCN)C(=O)C[C@@H](C)C(=O)N[C@@H](CCCCNC(=O)c3cccc(O)c3O)C(=O)C[C@@H](C)B3OC4C[C@@H]5C[C@@H](C5(C)C)[C@]4(C)O3)cc2)cc1.CCCCc1ccc(-c2ccc(C(=O)C[C@@H](CCN)C(=O)N[C@@H](Cc3ccc(O)c(O)c3)C(=O)C[C@@H](C)C(=O)N[C@@H](Cc3ccc(O)c(O)c3)C(=O)C[C@@H](C)B3OC4C[C@@H]5C[C@@H](C5(C)C)[C@]4(C)O3)cc2)cc1. The lowest BCUT2D eigenvalue weighted by Crippen LogP contribution is -2.65. The third-order valence-corrected chi connectivity index (χ3v) is 31.8. The van der Waals surface area contributed by atoms with Gasteiger partial charge in [-0.15, -0.1) is 0 Å². The summed E-state index contributed by atoms with van der Waals surface area (Å²) in [6, 6.07) is 39.3. The zero-order chi connectivity index (χ0) is 104. The van der Waals surface area contributed by atoms with Crippen LogP contribution in [0.2, 0.25) is 11.6 Å². The number of para-hydroxylation sites is 1. The molecule has 17 N–H and O–H groups in total. The van der Waals surface area contributed by atoms with Crippen molar-refractivity contribution in [1.29, 1.82) is 0 Å². The summed E-state index contributed by atoms with van der Waals surface area (Å²) in [7, 11) is -1.23.